The zero-order valence-corrected chi connectivity index (χ0v) is 41.2. The Hall–Kier alpha value is -5.65. The molecule has 319 valence electrons. The van der Waals surface area contributed by atoms with Crippen LogP contribution in [0.3, 0.4) is 0 Å². The van der Waals surface area contributed by atoms with Gasteiger partial charge < -0.3 is 14.0 Å². The summed E-state index contributed by atoms with van der Waals surface area (Å²) in [5.74, 6) is 2.29. The maximum absolute atomic E-state index is 6.38. The summed E-state index contributed by atoms with van der Waals surface area (Å²) in [5.41, 5.74) is 12.2. The fourth-order valence-corrected chi connectivity index (χ4v) is 10.6. The predicted molar refractivity (Wildman–Crippen MR) is 266 cm³/mol. The van der Waals surface area contributed by atoms with Gasteiger partial charge in [-0.15, -0.1) is 59.7 Å². The number of benzene rings is 7. The number of aromatic nitrogens is 3. The van der Waals surface area contributed by atoms with Crippen molar-refractivity contribution < 1.29 is 24.5 Å². The van der Waals surface area contributed by atoms with E-state index in [1.807, 2.05) is 24.3 Å². The summed E-state index contributed by atoms with van der Waals surface area (Å²) in [6.07, 6.45) is 3.24. The Balaban J connectivity index is 0.000000219. The van der Waals surface area contributed by atoms with Gasteiger partial charge in [0.2, 0.25) is 0 Å². The van der Waals surface area contributed by atoms with Crippen molar-refractivity contribution in [3.05, 3.63) is 168 Å². The normalized spacial score (nSPS) is 11.9. The molecule has 0 bridgehead atoms. The quantitative estimate of drug-likeness (QED) is 0.0865. The van der Waals surface area contributed by atoms with Crippen LogP contribution in [0, 0.1) is 18.1 Å². The minimum atomic E-state index is -1.34. The van der Waals surface area contributed by atoms with Gasteiger partial charge in [0, 0.05) is 37.4 Å². The third-order valence-electron chi connectivity index (χ3n) is 12.0. The fourth-order valence-electron chi connectivity index (χ4n) is 9.03. The number of hydrogen-bond donors (Lipinski definition) is 0. The zero-order chi connectivity index (χ0) is 43.3. The Kier molecular flexibility index (Phi) is 12.5. The molecular formula is C57H55IrN3OSi-2. The SMILES string of the molecule is CC(C)Cc1cc(-c2[c-]cccc2)ncc1[Si](C)(C)C.CC(C)c1cccc(C(C)C)c1-n1c(-c2[c-]cc3oc4cc5ccc6ccccc6c5cc4c3c2)nc2ccccc21.[Ir]. The van der Waals surface area contributed by atoms with Crippen molar-refractivity contribution in [1.82, 2.24) is 14.5 Å². The van der Waals surface area contributed by atoms with Gasteiger partial charge in [-0.2, -0.15) is 0 Å². The minimum Gasteiger partial charge on any atom is -0.500 e. The molecule has 0 aliphatic rings. The molecule has 3 heterocycles. The Bertz CT molecular complexity index is 3220. The van der Waals surface area contributed by atoms with Crippen molar-refractivity contribution >= 4 is 67.8 Å². The van der Waals surface area contributed by atoms with Gasteiger partial charge in [-0.25, -0.2) is 0 Å². The summed E-state index contributed by atoms with van der Waals surface area (Å²) in [7, 11) is -1.34. The first-order valence-electron chi connectivity index (χ1n) is 22.1. The monoisotopic (exact) mass is 1020 g/mol. The van der Waals surface area contributed by atoms with Crippen molar-refractivity contribution in [1.29, 1.82) is 0 Å². The fraction of sp³-hybridized carbons (Fsp3) is 0.228. The van der Waals surface area contributed by atoms with Crippen LogP contribution in [0.15, 0.2) is 144 Å². The van der Waals surface area contributed by atoms with Crippen LogP contribution in [0.1, 0.15) is 70.1 Å². The molecule has 4 nitrogen and oxygen atoms in total. The molecule has 0 aliphatic heterocycles. The van der Waals surface area contributed by atoms with Gasteiger partial charge in [0.25, 0.3) is 0 Å². The molecule has 0 saturated carbocycles. The molecule has 0 unspecified atom stereocenters. The van der Waals surface area contributed by atoms with Crippen molar-refractivity contribution in [2.24, 2.45) is 5.92 Å². The molecule has 0 spiro atoms. The number of nitrogens with zero attached hydrogens (tertiary/aromatic N) is 3. The van der Waals surface area contributed by atoms with Crippen LogP contribution in [0.25, 0.3) is 82.8 Å². The van der Waals surface area contributed by atoms with Crippen LogP contribution in [-0.2, 0) is 26.5 Å². The molecule has 0 atom stereocenters. The number of furan rings is 1. The van der Waals surface area contributed by atoms with E-state index in [1.165, 1.54) is 49.1 Å². The maximum atomic E-state index is 6.38. The third kappa shape index (κ3) is 8.57. The van der Waals surface area contributed by atoms with Crippen molar-refractivity contribution in [3.63, 3.8) is 0 Å². The average molecular weight is 1020 g/mol. The Morgan fingerprint density at radius 1 is 0.635 bits per heavy atom. The molecule has 10 aromatic rings. The third-order valence-corrected chi connectivity index (χ3v) is 14.1. The van der Waals surface area contributed by atoms with Crippen LogP contribution in [0.5, 0.6) is 0 Å². The molecule has 3 aromatic heterocycles. The molecular weight excluding hydrogens is 963 g/mol. The average Bonchev–Trinajstić information content (AvgIpc) is 3.83. The molecule has 0 aliphatic carbocycles. The number of para-hydroxylation sites is 3. The number of hydrogen-bond acceptors (Lipinski definition) is 3. The number of fused-ring (bicyclic) bond motifs is 7. The Morgan fingerprint density at radius 3 is 2.05 bits per heavy atom. The molecule has 0 amide bonds. The van der Waals surface area contributed by atoms with Gasteiger partial charge in [0.15, 0.2) is 0 Å². The number of imidazole rings is 1. The molecule has 0 N–H and O–H groups in total. The molecule has 63 heavy (non-hydrogen) atoms. The zero-order valence-electron chi connectivity index (χ0n) is 37.8. The second-order valence-electron chi connectivity index (χ2n) is 18.8. The first-order valence-corrected chi connectivity index (χ1v) is 25.6. The van der Waals surface area contributed by atoms with Crippen molar-refractivity contribution in [2.75, 3.05) is 0 Å². The van der Waals surface area contributed by atoms with Crippen LogP contribution in [-0.4, -0.2) is 22.6 Å². The molecule has 0 saturated heterocycles. The largest absolute Gasteiger partial charge is 0.500 e. The van der Waals surface area contributed by atoms with E-state index in [2.05, 4.69) is 198 Å². The van der Waals surface area contributed by atoms with E-state index in [0.29, 0.717) is 17.8 Å². The van der Waals surface area contributed by atoms with Crippen LogP contribution in [0.4, 0.5) is 0 Å². The standard InChI is InChI=1S/C39H31N2O.C18H24NSi.Ir/c1-23(2)28-12-9-13-29(24(3)4)38(28)41-35-15-8-7-14-34(35)40-39(41)27-18-19-36-32(20-27)33-22-31-26(21-37(33)42-36)17-16-25-10-5-6-11-30(25)31;1-14(2)11-16-12-17(15-9-7-6-8-10-15)19-13-18(16)20(3,4)5;/h5-17,19-24H,1-4H3;6-9,12-14H,11H2,1-5H3;/q2*-1;. The van der Waals surface area contributed by atoms with Gasteiger partial charge in [0.1, 0.15) is 5.58 Å². The Morgan fingerprint density at radius 2 is 1.33 bits per heavy atom. The van der Waals surface area contributed by atoms with Gasteiger partial charge >= 0.3 is 0 Å². The first-order chi connectivity index (χ1) is 29.9. The predicted octanol–water partition coefficient (Wildman–Crippen LogP) is 15.2. The van der Waals surface area contributed by atoms with E-state index in [9.17, 15) is 0 Å². The topological polar surface area (TPSA) is 43.9 Å². The molecule has 10 rings (SSSR count). The smallest absolute Gasteiger partial charge is 0.121 e. The van der Waals surface area contributed by atoms with Gasteiger partial charge in [-0.1, -0.05) is 145 Å². The number of rotatable bonds is 8. The van der Waals surface area contributed by atoms with Crippen molar-refractivity contribution in [3.8, 4) is 28.3 Å². The maximum Gasteiger partial charge on any atom is 0.121 e. The van der Waals surface area contributed by atoms with Crippen LogP contribution in [0.2, 0.25) is 19.6 Å². The van der Waals surface area contributed by atoms with E-state index in [1.54, 1.807) is 0 Å². The van der Waals surface area contributed by atoms with E-state index in [0.717, 1.165) is 62.0 Å². The summed E-state index contributed by atoms with van der Waals surface area (Å²) in [4.78, 5) is 9.91. The van der Waals surface area contributed by atoms with E-state index >= 15 is 0 Å². The molecule has 0 fully saturated rings. The summed E-state index contributed by atoms with van der Waals surface area (Å²) in [5, 5.41) is 8.58. The van der Waals surface area contributed by atoms with Gasteiger partial charge in [0.05, 0.1) is 30.5 Å². The second-order valence-corrected chi connectivity index (χ2v) is 23.8. The van der Waals surface area contributed by atoms with Gasteiger partial charge in [-0.05, 0) is 92.0 Å². The molecule has 6 heteroatoms. The summed E-state index contributed by atoms with van der Waals surface area (Å²) in [6.45, 7) is 20.8. The van der Waals surface area contributed by atoms with Crippen LogP contribution < -0.4 is 5.19 Å². The van der Waals surface area contributed by atoms with Gasteiger partial charge in [-0.3, -0.25) is 4.98 Å². The Labute approximate surface area is 386 Å². The van der Waals surface area contributed by atoms with E-state index < -0.39 is 8.07 Å². The van der Waals surface area contributed by atoms with E-state index in [4.69, 9.17) is 9.40 Å². The first kappa shape index (κ1) is 44.0. The summed E-state index contributed by atoms with van der Waals surface area (Å²) in [6, 6.07) is 53.9. The van der Waals surface area contributed by atoms with Crippen LogP contribution >= 0.6 is 0 Å². The second kappa shape index (κ2) is 17.8. The van der Waals surface area contributed by atoms with E-state index in [-0.39, 0.29) is 20.1 Å². The number of pyridine rings is 1. The molecule has 1 radical (unpaired) electrons. The molecule has 7 aromatic carbocycles. The summed E-state index contributed by atoms with van der Waals surface area (Å²) < 4.78 is 8.74. The van der Waals surface area contributed by atoms with Crippen molar-refractivity contribution in [2.45, 2.75) is 79.4 Å². The summed E-state index contributed by atoms with van der Waals surface area (Å²) >= 11 is 0. The minimum absolute atomic E-state index is 0.